The number of carbonyl (C=O) groups excluding carboxylic acids is 1. The maximum Gasteiger partial charge on any atom is 0.336 e. The van der Waals surface area contributed by atoms with Gasteiger partial charge in [0.1, 0.15) is 11.4 Å². The minimum Gasteiger partial charge on any atom is -0.423 e. The minimum atomic E-state index is -0.330. The van der Waals surface area contributed by atoms with Gasteiger partial charge in [-0.15, -0.1) is 0 Å². The van der Waals surface area contributed by atoms with E-state index >= 15 is 0 Å². The lowest BCUT2D eigenvalue weighted by Gasteiger charge is -2.34. The second-order valence-electron chi connectivity index (χ2n) is 8.33. The van der Waals surface area contributed by atoms with Crippen molar-refractivity contribution in [1.29, 1.82) is 0 Å². The standard InChI is InChI=1S/C25H28FN3O3/c1-3-18-4-7-23-21(13-18)19(14-25(31)32-23)15-28-8-10-29(11-9-28)16-24(30)27-22-6-5-20(26)12-17(22)2/h4-7,12-14H,3,8-11,15-16H2,1-2H3,(H,27,30). The third-order valence-electron chi connectivity index (χ3n) is 5.99. The Hall–Kier alpha value is -3.03. The minimum absolute atomic E-state index is 0.105. The van der Waals surface area contributed by atoms with Crippen molar-refractivity contribution >= 4 is 22.6 Å². The first-order valence-electron chi connectivity index (χ1n) is 11.0. The number of anilines is 1. The molecule has 1 aliphatic heterocycles. The summed E-state index contributed by atoms with van der Waals surface area (Å²) in [5, 5.41) is 3.85. The fraction of sp³-hybridized carbons (Fsp3) is 0.360. The predicted octanol–water partition coefficient (Wildman–Crippen LogP) is 3.56. The van der Waals surface area contributed by atoms with E-state index in [-0.39, 0.29) is 17.3 Å². The highest BCUT2D eigenvalue weighted by atomic mass is 19.1. The van der Waals surface area contributed by atoms with Crippen LogP contribution in [0.1, 0.15) is 23.6 Å². The van der Waals surface area contributed by atoms with Gasteiger partial charge in [0.25, 0.3) is 0 Å². The highest BCUT2D eigenvalue weighted by molar-refractivity contribution is 5.93. The van der Waals surface area contributed by atoms with Crippen LogP contribution in [0.3, 0.4) is 0 Å². The zero-order valence-corrected chi connectivity index (χ0v) is 18.5. The molecule has 168 valence electrons. The smallest absolute Gasteiger partial charge is 0.336 e. The molecule has 1 aliphatic rings. The van der Waals surface area contributed by atoms with Crippen LogP contribution in [0.25, 0.3) is 11.0 Å². The maximum atomic E-state index is 13.2. The molecule has 0 unspecified atom stereocenters. The number of benzene rings is 2. The summed E-state index contributed by atoms with van der Waals surface area (Å²) in [6.45, 7) is 7.97. The van der Waals surface area contributed by atoms with Crippen molar-refractivity contribution in [2.75, 3.05) is 38.0 Å². The third-order valence-corrected chi connectivity index (χ3v) is 5.99. The molecule has 1 saturated heterocycles. The lowest BCUT2D eigenvalue weighted by atomic mass is 10.0. The Morgan fingerprint density at radius 2 is 1.81 bits per heavy atom. The summed E-state index contributed by atoms with van der Waals surface area (Å²) in [6, 6.07) is 11.9. The SMILES string of the molecule is CCc1ccc2oc(=O)cc(CN3CCN(CC(=O)Nc4ccc(F)cc4C)CC3)c2c1. The molecule has 0 spiro atoms. The van der Waals surface area contributed by atoms with Gasteiger partial charge in [0.05, 0.1) is 6.54 Å². The topological polar surface area (TPSA) is 65.8 Å². The van der Waals surface area contributed by atoms with Crippen molar-refractivity contribution in [3.05, 3.63) is 75.4 Å². The molecule has 0 bridgehead atoms. The summed E-state index contributed by atoms with van der Waals surface area (Å²) < 4.78 is 18.6. The fourth-order valence-corrected chi connectivity index (χ4v) is 4.13. The maximum absolute atomic E-state index is 13.2. The summed E-state index contributed by atoms with van der Waals surface area (Å²) in [4.78, 5) is 28.8. The van der Waals surface area contributed by atoms with E-state index in [1.54, 1.807) is 19.1 Å². The van der Waals surface area contributed by atoms with Crippen molar-refractivity contribution in [2.24, 2.45) is 0 Å². The first kappa shape index (κ1) is 22.2. The molecular weight excluding hydrogens is 409 g/mol. The van der Waals surface area contributed by atoms with Crippen LogP contribution in [0.5, 0.6) is 0 Å². The van der Waals surface area contributed by atoms with Gasteiger partial charge in [-0.05, 0) is 60.4 Å². The van der Waals surface area contributed by atoms with E-state index in [9.17, 15) is 14.0 Å². The molecule has 2 aromatic carbocycles. The van der Waals surface area contributed by atoms with Gasteiger partial charge in [-0.25, -0.2) is 9.18 Å². The molecule has 1 amide bonds. The van der Waals surface area contributed by atoms with E-state index in [2.05, 4.69) is 28.1 Å². The van der Waals surface area contributed by atoms with Crippen LogP contribution in [0, 0.1) is 12.7 Å². The molecule has 0 saturated carbocycles. The van der Waals surface area contributed by atoms with E-state index in [0.29, 0.717) is 29.9 Å². The Balaban J connectivity index is 1.35. The molecule has 2 heterocycles. The first-order chi connectivity index (χ1) is 15.4. The highest BCUT2D eigenvalue weighted by Crippen LogP contribution is 2.21. The average molecular weight is 438 g/mol. The molecule has 4 rings (SSSR count). The van der Waals surface area contributed by atoms with Crippen LogP contribution >= 0.6 is 0 Å². The van der Waals surface area contributed by atoms with Crippen LogP contribution in [-0.4, -0.2) is 48.4 Å². The largest absolute Gasteiger partial charge is 0.423 e. The van der Waals surface area contributed by atoms with Gasteiger partial charge in [0.15, 0.2) is 0 Å². The van der Waals surface area contributed by atoms with Gasteiger partial charge in [-0.2, -0.15) is 0 Å². The van der Waals surface area contributed by atoms with Crippen molar-refractivity contribution < 1.29 is 13.6 Å². The molecule has 1 fully saturated rings. The lowest BCUT2D eigenvalue weighted by molar-refractivity contribution is -0.117. The van der Waals surface area contributed by atoms with Gasteiger partial charge in [-0.1, -0.05) is 13.0 Å². The lowest BCUT2D eigenvalue weighted by Crippen LogP contribution is -2.48. The summed E-state index contributed by atoms with van der Waals surface area (Å²) >= 11 is 0. The first-order valence-corrected chi connectivity index (χ1v) is 11.0. The zero-order chi connectivity index (χ0) is 22.7. The number of amides is 1. The van der Waals surface area contributed by atoms with E-state index < -0.39 is 0 Å². The second-order valence-corrected chi connectivity index (χ2v) is 8.33. The Kier molecular flexibility index (Phi) is 6.67. The predicted molar refractivity (Wildman–Crippen MR) is 123 cm³/mol. The van der Waals surface area contributed by atoms with E-state index in [1.165, 1.54) is 17.7 Å². The normalized spacial score (nSPS) is 15.2. The molecule has 1 aromatic heterocycles. The molecular formula is C25H28FN3O3. The molecule has 0 aliphatic carbocycles. The number of nitrogens with zero attached hydrogens (tertiary/aromatic N) is 2. The summed E-state index contributed by atoms with van der Waals surface area (Å²) in [5.74, 6) is -0.418. The Labute approximate surface area is 186 Å². The Morgan fingerprint density at radius 3 is 2.53 bits per heavy atom. The number of fused-ring (bicyclic) bond motifs is 1. The van der Waals surface area contributed by atoms with E-state index in [4.69, 9.17) is 4.42 Å². The van der Waals surface area contributed by atoms with Crippen LogP contribution in [-0.2, 0) is 17.8 Å². The van der Waals surface area contributed by atoms with E-state index in [1.807, 2.05) is 12.1 Å². The van der Waals surface area contributed by atoms with Crippen LogP contribution in [0.2, 0.25) is 0 Å². The average Bonchev–Trinajstić information content (AvgIpc) is 2.77. The number of carbonyl (C=O) groups is 1. The quantitative estimate of drug-likeness (QED) is 0.598. The summed E-state index contributed by atoms with van der Waals surface area (Å²) in [5.41, 5.74) is 3.81. The van der Waals surface area contributed by atoms with Gasteiger partial charge in [0.2, 0.25) is 5.91 Å². The molecule has 3 aromatic rings. The van der Waals surface area contributed by atoms with Gasteiger partial charge in [-0.3, -0.25) is 14.6 Å². The number of piperazine rings is 1. The van der Waals surface area contributed by atoms with Crippen molar-refractivity contribution in [3.8, 4) is 0 Å². The molecule has 32 heavy (non-hydrogen) atoms. The third kappa shape index (κ3) is 5.23. The van der Waals surface area contributed by atoms with E-state index in [0.717, 1.165) is 43.5 Å². The van der Waals surface area contributed by atoms with Crippen molar-refractivity contribution in [3.63, 3.8) is 0 Å². The van der Waals surface area contributed by atoms with Crippen molar-refractivity contribution in [2.45, 2.75) is 26.8 Å². The second kappa shape index (κ2) is 9.63. The Morgan fingerprint density at radius 1 is 1.06 bits per heavy atom. The van der Waals surface area contributed by atoms with Crippen LogP contribution in [0.4, 0.5) is 10.1 Å². The molecule has 6 nitrogen and oxygen atoms in total. The molecule has 1 N–H and O–H groups in total. The molecule has 7 heteroatoms. The molecule has 0 atom stereocenters. The number of hydrogen-bond donors (Lipinski definition) is 1. The summed E-state index contributed by atoms with van der Waals surface area (Å²) in [7, 11) is 0. The Bertz CT molecular complexity index is 1180. The molecule has 0 radical (unpaired) electrons. The monoisotopic (exact) mass is 437 g/mol. The van der Waals surface area contributed by atoms with Gasteiger partial charge < -0.3 is 9.73 Å². The van der Waals surface area contributed by atoms with Crippen molar-refractivity contribution in [1.82, 2.24) is 9.80 Å². The number of nitrogens with one attached hydrogen (secondary N) is 1. The van der Waals surface area contributed by atoms with Gasteiger partial charge in [0, 0.05) is 49.9 Å². The number of halogens is 1. The number of rotatable bonds is 6. The summed E-state index contributed by atoms with van der Waals surface area (Å²) in [6.07, 6.45) is 0.923. The highest BCUT2D eigenvalue weighted by Gasteiger charge is 2.20. The fourth-order valence-electron chi connectivity index (χ4n) is 4.13. The van der Waals surface area contributed by atoms with Crippen LogP contribution in [0.15, 0.2) is 51.7 Å². The zero-order valence-electron chi connectivity index (χ0n) is 18.5. The number of hydrogen-bond acceptors (Lipinski definition) is 5. The van der Waals surface area contributed by atoms with Crippen LogP contribution < -0.4 is 10.9 Å². The number of aryl methyl sites for hydroxylation is 2. The van der Waals surface area contributed by atoms with Gasteiger partial charge >= 0.3 is 5.63 Å².